The van der Waals surface area contributed by atoms with E-state index in [0.717, 1.165) is 16.1 Å². The molecule has 0 fully saturated rings. The number of benzene rings is 2. The molecule has 2 aromatic carbocycles. The number of aryl methyl sites for hydroxylation is 2. The predicted octanol–water partition coefficient (Wildman–Crippen LogP) is 4.80. The Morgan fingerprint density at radius 3 is 2.47 bits per heavy atom. The molecule has 0 bridgehead atoms. The molecule has 0 aliphatic carbocycles. The van der Waals surface area contributed by atoms with Crippen LogP contribution in [0.4, 0.5) is 5.13 Å². The SMILES string of the molecule is Cc1ccc2oc3c(c(=O)c2c1)C(c1ccc(OC(C)C)cc1)N(c1nnc(C)s1)C3=O. The van der Waals surface area contributed by atoms with E-state index in [0.29, 0.717) is 27.4 Å². The lowest BCUT2D eigenvalue weighted by molar-refractivity contribution is 0.0970. The summed E-state index contributed by atoms with van der Waals surface area (Å²) in [5, 5.41) is 9.85. The molecule has 4 aromatic rings. The van der Waals surface area contributed by atoms with Crippen LogP contribution in [0.5, 0.6) is 5.75 Å². The molecule has 0 saturated carbocycles. The largest absolute Gasteiger partial charge is 0.491 e. The van der Waals surface area contributed by atoms with E-state index in [1.807, 2.05) is 58.0 Å². The number of anilines is 1. The fourth-order valence-corrected chi connectivity index (χ4v) is 4.70. The molecule has 1 amide bonds. The van der Waals surface area contributed by atoms with Crippen molar-refractivity contribution in [3.05, 3.63) is 80.1 Å². The summed E-state index contributed by atoms with van der Waals surface area (Å²) >= 11 is 1.30. The highest BCUT2D eigenvalue weighted by molar-refractivity contribution is 7.15. The molecule has 5 rings (SSSR count). The normalized spacial score (nSPS) is 15.6. The lowest BCUT2D eigenvalue weighted by Crippen LogP contribution is -2.29. The number of aromatic nitrogens is 2. The number of hydrogen-bond donors (Lipinski definition) is 0. The highest BCUT2D eigenvalue weighted by Gasteiger charge is 2.45. The van der Waals surface area contributed by atoms with E-state index in [2.05, 4.69) is 10.2 Å². The van der Waals surface area contributed by atoms with Gasteiger partial charge >= 0.3 is 0 Å². The van der Waals surface area contributed by atoms with Crippen LogP contribution in [0, 0.1) is 13.8 Å². The summed E-state index contributed by atoms with van der Waals surface area (Å²) in [6.07, 6.45) is 0.0390. The Labute approximate surface area is 188 Å². The summed E-state index contributed by atoms with van der Waals surface area (Å²) in [6.45, 7) is 7.65. The number of ether oxygens (including phenoxy) is 1. The number of nitrogens with zero attached hydrogens (tertiary/aromatic N) is 3. The second-order valence-corrected chi connectivity index (χ2v) is 9.25. The van der Waals surface area contributed by atoms with E-state index in [4.69, 9.17) is 9.15 Å². The molecule has 1 aliphatic rings. The molecule has 1 aliphatic heterocycles. The van der Waals surface area contributed by atoms with Crippen molar-refractivity contribution in [2.75, 3.05) is 4.90 Å². The molecule has 1 atom stereocenters. The number of hydrogen-bond acceptors (Lipinski definition) is 7. The van der Waals surface area contributed by atoms with Gasteiger partial charge in [0, 0.05) is 0 Å². The first kappa shape index (κ1) is 20.4. The fourth-order valence-electron chi connectivity index (χ4n) is 3.98. The molecule has 162 valence electrons. The maximum Gasteiger partial charge on any atom is 0.297 e. The molecule has 7 nitrogen and oxygen atoms in total. The third-order valence-corrected chi connectivity index (χ3v) is 6.15. The van der Waals surface area contributed by atoms with Gasteiger partial charge in [0.15, 0.2) is 5.43 Å². The first-order valence-electron chi connectivity index (χ1n) is 10.3. The van der Waals surface area contributed by atoms with Crippen LogP contribution in [0.3, 0.4) is 0 Å². The summed E-state index contributed by atoms with van der Waals surface area (Å²) < 4.78 is 11.7. The van der Waals surface area contributed by atoms with E-state index in [9.17, 15) is 9.59 Å². The van der Waals surface area contributed by atoms with Crippen molar-refractivity contribution in [3.63, 3.8) is 0 Å². The average molecular weight is 448 g/mol. The summed E-state index contributed by atoms with van der Waals surface area (Å²) in [4.78, 5) is 28.6. The van der Waals surface area contributed by atoms with Crippen molar-refractivity contribution in [2.45, 2.75) is 39.8 Å². The molecule has 32 heavy (non-hydrogen) atoms. The number of rotatable bonds is 4. The van der Waals surface area contributed by atoms with Gasteiger partial charge in [-0.3, -0.25) is 14.5 Å². The number of fused-ring (bicyclic) bond motifs is 2. The Balaban J connectivity index is 1.73. The van der Waals surface area contributed by atoms with Gasteiger partial charge in [-0.15, -0.1) is 10.2 Å². The number of carbonyl (C=O) groups excluding carboxylic acids is 1. The Kier molecular flexibility index (Phi) is 4.82. The van der Waals surface area contributed by atoms with E-state index >= 15 is 0 Å². The lowest BCUT2D eigenvalue weighted by Gasteiger charge is -2.22. The molecule has 0 N–H and O–H groups in total. The zero-order chi connectivity index (χ0) is 22.6. The molecule has 0 spiro atoms. The maximum atomic E-state index is 13.6. The van der Waals surface area contributed by atoms with Gasteiger partial charge in [0.05, 0.1) is 23.1 Å². The van der Waals surface area contributed by atoms with Crippen LogP contribution in [0.1, 0.15) is 52.1 Å². The lowest BCUT2D eigenvalue weighted by atomic mass is 9.98. The molecule has 0 saturated heterocycles. The van der Waals surface area contributed by atoms with Crippen molar-refractivity contribution < 1.29 is 13.9 Å². The van der Waals surface area contributed by atoms with Crippen molar-refractivity contribution in [2.24, 2.45) is 0 Å². The van der Waals surface area contributed by atoms with Crippen LogP contribution in [-0.2, 0) is 0 Å². The van der Waals surface area contributed by atoms with Gasteiger partial charge in [0.25, 0.3) is 5.91 Å². The standard InChI is InChI=1S/C24H21N3O4S/c1-12(2)30-16-8-6-15(7-9-16)20-19-21(28)17-11-13(3)5-10-18(17)31-22(19)23(29)27(20)24-26-25-14(4)32-24/h5-12,20H,1-4H3. The van der Waals surface area contributed by atoms with Crippen molar-refractivity contribution in [1.82, 2.24) is 10.2 Å². The quantitative estimate of drug-likeness (QED) is 0.447. The maximum absolute atomic E-state index is 13.6. The Morgan fingerprint density at radius 2 is 1.81 bits per heavy atom. The number of amides is 1. The van der Waals surface area contributed by atoms with Crippen LogP contribution >= 0.6 is 11.3 Å². The minimum absolute atomic E-state index is 0.0390. The van der Waals surface area contributed by atoms with Gasteiger partial charge in [-0.2, -0.15) is 0 Å². The van der Waals surface area contributed by atoms with Gasteiger partial charge in [0.1, 0.15) is 16.3 Å². The van der Waals surface area contributed by atoms with Crippen LogP contribution in [0.15, 0.2) is 51.7 Å². The zero-order valence-corrected chi connectivity index (χ0v) is 18.9. The Hall–Kier alpha value is -3.52. The van der Waals surface area contributed by atoms with Crippen LogP contribution < -0.4 is 15.1 Å². The summed E-state index contributed by atoms with van der Waals surface area (Å²) in [7, 11) is 0. The summed E-state index contributed by atoms with van der Waals surface area (Å²) in [5.74, 6) is 0.364. The number of carbonyl (C=O) groups is 1. The van der Waals surface area contributed by atoms with Crippen LogP contribution in [-0.4, -0.2) is 22.2 Å². The predicted molar refractivity (Wildman–Crippen MR) is 123 cm³/mol. The summed E-state index contributed by atoms with van der Waals surface area (Å²) in [5.41, 5.74) is 2.20. The minimum atomic E-state index is -0.667. The molecule has 0 radical (unpaired) electrons. The third-order valence-electron chi connectivity index (χ3n) is 5.31. The van der Waals surface area contributed by atoms with Gasteiger partial charge in [-0.1, -0.05) is 35.1 Å². The average Bonchev–Trinajstić information content (AvgIpc) is 3.30. The molecular formula is C24H21N3O4S. The van der Waals surface area contributed by atoms with E-state index in [1.165, 1.54) is 16.2 Å². The monoisotopic (exact) mass is 447 g/mol. The van der Waals surface area contributed by atoms with Gasteiger partial charge in [-0.25, -0.2) is 0 Å². The first-order valence-corrected chi connectivity index (χ1v) is 11.1. The molecule has 1 unspecified atom stereocenters. The topological polar surface area (TPSA) is 85.5 Å². The second kappa shape index (κ2) is 7.56. The van der Waals surface area contributed by atoms with Crippen LogP contribution in [0.2, 0.25) is 0 Å². The van der Waals surface area contributed by atoms with E-state index in [1.54, 1.807) is 12.1 Å². The smallest absolute Gasteiger partial charge is 0.297 e. The van der Waals surface area contributed by atoms with Gasteiger partial charge in [-0.05, 0) is 57.5 Å². The fraction of sp³-hybridized carbons (Fsp3) is 0.250. The first-order chi connectivity index (χ1) is 15.3. The Bertz CT molecular complexity index is 1410. The highest BCUT2D eigenvalue weighted by atomic mass is 32.1. The van der Waals surface area contributed by atoms with Crippen molar-refractivity contribution in [3.8, 4) is 5.75 Å². The van der Waals surface area contributed by atoms with E-state index in [-0.39, 0.29) is 17.3 Å². The molecule has 3 heterocycles. The van der Waals surface area contributed by atoms with Gasteiger partial charge < -0.3 is 9.15 Å². The third kappa shape index (κ3) is 3.27. The minimum Gasteiger partial charge on any atom is -0.491 e. The molecule has 2 aromatic heterocycles. The molecule has 8 heteroatoms. The Morgan fingerprint density at radius 1 is 1.06 bits per heavy atom. The highest BCUT2D eigenvalue weighted by Crippen LogP contribution is 2.42. The zero-order valence-electron chi connectivity index (χ0n) is 18.1. The second-order valence-electron chi connectivity index (χ2n) is 8.09. The van der Waals surface area contributed by atoms with E-state index < -0.39 is 11.9 Å². The van der Waals surface area contributed by atoms with Crippen molar-refractivity contribution in [1.29, 1.82) is 0 Å². The van der Waals surface area contributed by atoms with Gasteiger partial charge in [0.2, 0.25) is 10.9 Å². The van der Waals surface area contributed by atoms with Crippen LogP contribution in [0.25, 0.3) is 11.0 Å². The molecular weight excluding hydrogens is 426 g/mol. The van der Waals surface area contributed by atoms with Crippen molar-refractivity contribution >= 4 is 33.3 Å². The summed E-state index contributed by atoms with van der Waals surface area (Å²) in [6, 6.07) is 12.1.